The Labute approximate surface area is 223 Å². The van der Waals surface area contributed by atoms with Gasteiger partial charge < -0.3 is 21.0 Å². The van der Waals surface area contributed by atoms with Crippen LogP contribution in [0, 0.1) is 11.3 Å². The zero-order valence-corrected chi connectivity index (χ0v) is 21.5. The maximum Gasteiger partial charge on any atom is 0.352 e. The number of thiazole rings is 1. The van der Waals surface area contributed by atoms with Gasteiger partial charge in [0.15, 0.2) is 10.8 Å². The van der Waals surface area contributed by atoms with Crippen LogP contribution in [0.1, 0.15) is 18.3 Å². The first-order valence-corrected chi connectivity index (χ1v) is 13.3. The van der Waals surface area contributed by atoms with Gasteiger partial charge in [0.05, 0.1) is 6.20 Å². The first-order valence-electron chi connectivity index (χ1n) is 11.4. The van der Waals surface area contributed by atoms with Crippen LogP contribution in [-0.4, -0.2) is 66.7 Å². The van der Waals surface area contributed by atoms with Gasteiger partial charge in [0.2, 0.25) is 5.69 Å². The van der Waals surface area contributed by atoms with E-state index in [1.54, 1.807) is 39.7 Å². The molecule has 0 aromatic carbocycles. The molecule has 2 aliphatic heterocycles. The predicted molar refractivity (Wildman–Crippen MR) is 137 cm³/mol. The number of nitrogens with zero attached hydrogens (tertiary/aromatic N) is 6. The van der Waals surface area contributed by atoms with Crippen LogP contribution in [0.25, 0.3) is 5.65 Å². The van der Waals surface area contributed by atoms with Gasteiger partial charge in [-0.3, -0.25) is 14.5 Å². The van der Waals surface area contributed by atoms with E-state index in [1.165, 1.54) is 16.7 Å². The third-order valence-corrected chi connectivity index (χ3v) is 7.96. The number of rotatable bonds is 8. The molecule has 38 heavy (non-hydrogen) atoms. The van der Waals surface area contributed by atoms with Gasteiger partial charge >= 0.3 is 5.97 Å². The van der Waals surface area contributed by atoms with Crippen molar-refractivity contribution in [3.05, 3.63) is 58.6 Å². The number of fused-ring (bicyclic) bond motifs is 2. The van der Waals surface area contributed by atoms with Crippen molar-refractivity contribution in [3.8, 4) is 6.07 Å². The Morgan fingerprint density at radius 1 is 1.45 bits per heavy atom. The maximum atomic E-state index is 13.1. The number of aromatic nitrogens is 3. The average molecular weight is 554 g/mol. The number of carbonyl (C=O) groups excluding carboxylic acids is 2. The lowest BCUT2D eigenvalue weighted by molar-refractivity contribution is -0.662. The monoisotopic (exact) mass is 553 g/mol. The van der Waals surface area contributed by atoms with Crippen LogP contribution in [0.2, 0.25) is 0 Å². The number of nitrogens with two attached hydrogens (primary N) is 1. The zero-order chi connectivity index (χ0) is 27.0. The summed E-state index contributed by atoms with van der Waals surface area (Å²) in [5.74, 6) is -2.17. The van der Waals surface area contributed by atoms with Gasteiger partial charge in [0, 0.05) is 22.8 Å². The highest BCUT2D eigenvalue weighted by molar-refractivity contribution is 8.00. The number of imidazole rings is 1. The fraction of sp³-hybridized carbons (Fsp3) is 0.261. The number of nitrogens with one attached hydrogen (secondary N) is 1. The number of nitriles is 1. The van der Waals surface area contributed by atoms with Crippen LogP contribution in [0.4, 0.5) is 5.13 Å². The van der Waals surface area contributed by atoms with Crippen molar-refractivity contribution in [2.24, 2.45) is 5.16 Å². The lowest BCUT2D eigenvalue weighted by Crippen LogP contribution is -2.71. The normalized spacial score (nSPS) is 19.1. The molecule has 1 fully saturated rings. The summed E-state index contributed by atoms with van der Waals surface area (Å²) in [5.41, 5.74) is 7.25. The molecule has 0 spiro atoms. The van der Waals surface area contributed by atoms with Crippen LogP contribution in [-0.2, 0) is 25.8 Å². The predicted octanol–water partition coefficient (Wildman–Crippen LogP) is 0.317. The Morgan fingerprint density at radius 3 is 2.95 bits per heavy atom. The number of nitrogen functional groups attached to an aromatic ring is 1. The highest BCUT2D eigenvalue weighted by Crippen LogP contribution is 2.40. The van der Waals surface area contributed by atoms with Gasteiger partial charge in [-0.05, 0) is 13.0 Å². The number of oxime groups is 1. The van der Waals surface area contributed by atoms with E-state index in [0.29, 0.717) is 22.7 Å². The summed E-state index contributed by atoms with van der Waals surface area (Å²) in [4.78, 5) is 48.7. The van der Waals surface area contributed by atoms with Gasteiger partial charge in [-0.25, -0.2) is 14.3 Å². The molecule has 13 nitrogen and oxygen atoms in total. The number of anilines is 1. The summed E-state index contributed by atoms with van der Waals surface area (Å²) in [6.07, 6.45) is 3.39. The molecule has 0 radical (unpaired) electrons. The van der Waals surface area contributed by atoms with Crippen LogP contribution < -0.4 is 15.6 Å². The maximum absolute atomic E-state index is 13.1. The lowest BCUT2D eigenvalue weighted by atomic mass is 10.0. The van der Waals surface area contributed by atoms with E-state index < -0.39 is 29.2 Å². The molecule has 194 valence electrons. The fourth-order valence-corrected chi connectivity index (χ4v) is 6.19. The van der Waals surface area contributed by atoms with E-state index in [-0.39, 0.29) is 35.4 Å². The second-order valence-electron chi connectivity index (χ2n) is 8.23. The molecule has 2 amide bonds. The summed E-state index contributed by atoms with van der Waals surface area (Å²) < 4.78 is 3.48. The highest BCUT2D eigenvalue weighted by atomic mass is 32.2. The zero-order valence-electron chi connectivity index (χ0n) is 19.9. The Morgan fingerprint density at radius 2 is 2.26 bits per heavy atom. The molecule has 0 saturated carbocycles. The first kappa shape index (κ1) is 25.2. The molecule has 0 bridgehead atoms. The molecular weight excluding hydrogens is 532 g/mol. The van der Waals surface area contributed by atoms with Gasteiger partial charge in [-0.15, -0.1) is 23.1 Å². The standard InChI is InChI=1S/C23H20N8O5S2/c1-2-36-28-16(14-11-38-23(25)26-14)19(32)27-17-20(33)31-18(22(34)35)12(10-37-21(17)31)8-29-9-13(7-24)30-6-4-3-5-15(29)30/h3-6,9,11,17,21H,2,8,10H2,1H3,(H3-,25,26,27,32,34,35)/p+1/t17-,21+/m1/s1. The Balaban J connectivity index is 1.39. The fourth-order valence-electron chi connectivity index (χ4n) is 4.31. The molecule has 0 unspecified atom stereocenters. The van der Waals surface area contributed by atoms with E-state index in [2.05, 4.69) is 21.5 Å². The molecule has 2 atom stereocenters. The molecule has 5 rings (SSSR count). The Bertz CT molecular complexity index is 1570. The summed E-state index contributed by atoms with van der Waals surface area (Å²) >= 11 is 2.47. The number of thioether (sulfide) groups is 1. The van der Waals surface area contributed by atoms with Crippen LogP contribution in [0.3, 0.4) is 0 Å². The number of β-lactam (4-membered cyclic amide) rings is 1. The van der Waals surface area contributed by atoms with Crippen molar-refractivity contribution in [1.82, 2.24) is 19.6 Å². The van der Waals surface area contributed by atoms with Gasteiger partial charge in [-0.1, -0.05) is 11.2 Å². The van der Waals surface area contributed by atoms with E-state index >= 15 is 0 Å². The Hall–Kier alpha value is -4.42. The smallest absolute Gasteiger partial charge is 0.352 e. The number of carboxylic acids is 1. The summed E-state index contributed by atoms with van der Waals surface area (Å²) in [5, 5.41) is 27.2. The van der Waals surface area contributed by atoms with Gasteiger partial charge in [0.1, 0.15) is 48.2 Å². The summed E-state index contributed by atoms with van der Waals surface area (Å²) in [6.45, 7) is 2.09. The average Bonchev–Trinajstić information content (AvgIpc) is 3.50. The van der Waals surface area contributed by atoms with Crippen molar-refractivity contribution in [2.75, 3.05) is 18.1 Å². The van der Waals surface area contributed by atoms with E-state index in [4.69, 9.17) is 10.6 Å². The van der Waals surface area contributed by atoms with Crippen molar-refractivity contribution < 1.29 is 28.9 Å². The molecule has 15 heteroatoms. The number of aliphatic carboxylic acids is 1. The summed E-state index contributed by atoms with van der Waals surface area (Å²) in [6, 6.07) is 6.60. The van der Waals surface area contributed by atoms with Gasteiger partial charge in [0.25, 0.3) is 17.5 Å². The van der Waals surface area contributed by atoms with Crippen LogP contribution in [0.5, 0.6) is 0 Å². The van der Waals surface area contributed by atoms with Crippen molar-refractivity contribution in [1.29, 1.82) is 5.26 Å². The topological polar surface area (TPSA) is 179 Å². The third kappa shape index (κ3) is 4.33. The van der Waals surface area contributed by atoms with E-state index in [1.807, 2.05) is 12.1 Å². The van der Waals surface area contributed by atoms with Gasteiger partial charge in [-0.2, -0.15) is 9.66 Å². The molecule has 1 saturated heterocycles. The largest absolute Gasteiger partial charge is 0.477 e. The number of carboxylic acid groups (broad SMARTS) is 1. The molecule has 5 heterocycles. The number of carbonyl (C=O) groups is 3. The van der Waals surface area contributed by atoms with E-state index in [9.17, 15) is 24.8 Å². The molecular formula is C23H21N8O5S2+. The first-order chi connectivity index (χ1) is 18.3. The minimum atomic E-state index is -1.25. The van der Waals surface area contributed by atoms with E-state index in [0.717, 1.165) is 11.3 Å². The number of pyridine rings is 1. The third-order valence-electron chi connectivity index (χ3n) is 5.95. The molecule has 3 aromatic rings. The molecule has 3 aromatic heterocycles. The second kappa shape index (κ2) is 10.1. The minimum Gasteiger partial charge on any atom is -0.477 e. The van der Waals surface area contributed by atoms with Crippen molar-refractivity contribution in [2.45, 2.75) is 24.9 Å². The molecule has 4 N–H and O–H groups in total. The quantitative estimate of drug-likeness (QED) is 0.153. The van der Waals surface area contributed by atoms with Crippen molar-refractivity contribution in [3.63, 3.8) is 0 Å². The summed E-state index contributed by atoms with van der Waals surface area (Å²) in [7, 11) is 0. The number of hydrogen-bond donors (Lipinski definition) is 3. The SMILES string of the molecule is CCON=C(C(=O)N[C@@H]1C(=O)N2C(C(=O)O)=C(C[n+]3cc(C#N)n4ccccc43)CS[C@@H]12)c1csc(N)n1. The van der Waals surface area contributed by atoms with Crippen LogP contribution >= 0.6 is 23.1 Å². The second-order valence-corrected chi connectivity index (χ2v) is 10.2. The lowest BCUT2D eigenvalue weighted by Gasteiger charge is -2.49. The Kier molecular flexibility index (Phi) is 6.74. The minimum absolute atomic E-state index is 0.124. The van der Waals surface area contributed by atoms with Crippen molar-refractivity contribution >= 4 is 57.4 Å². The number of hydrogen-bond acceptors (Lipinski definition) is 10. The van der Waals surface area contributed by atoms with Crippen LogP contribution in [0.15, 0.2) is 52.4 Å². The number of amides is 2. The highest BCUT2D eigenvalue weighted by Gasteiger charge is 2.54. The molecule has 0 aliphatic carbocycles. The molecule has 2 aliphatic rings.